The number of aromatic amines is 1. The Hall–Kier alpha value is -3.28. The van der Waals surface area contributed by atoms with Gasteiger partial charge in [0.15, 0.2) is 0 Å². The van der Waals surface area contributed by atoms with E-state index in [1.54, 1.807) is 36.3 Å². The number of carbonyl (C=O) groups is 2. The lowest BCUT2D eigenvalue weighted by molar-refractivity contribution is 0.0519. The maximum absolute atomic E-state index is 13.1. The summed E-state index contributed by atoms with van der Waals surface area (Å²) in [5, 5.41) is 0. The van der Waals surface area contributed by atoms with E-state index < -0.39 is 0 Å². The van der Waals surface area contributed by atoms with Gasteiger partial charge in [0.25, 0.3) is 5.91 Å². The van der Waals surface area contributed by atoms with Crippen molar-refractivity contribution >= 4 is 11.9 Å². The van der Waals surface area contributed by atoms with Crippen molar-refractivity contribution in [3.05, 3.63) is 82.6 Å². The van der Waals surface area contributed by atoms with Crippen molar-refractivity contribution in [3.8, 4) is 0 Å². The molecule has 0 aliphatic heterocycles. The first-order valence-corrected chi connectivity index (χ1v) is 9.23. The number of aryl methyl sites for hydroxylation is 1. The third kappa shape index (κ3) is 4.17. The second-order valence-electron chi connectivity index (χ2n) is 6.56. The Kier molecular flexibility index (Phi) is 5.99. The molecule has 0 fully saturated rings. The van der Waals surface area contributed by atoms with E-state index in [1.807, 2.05) is 38.1 Å². The van der Waals surface area contributed by atoms with Crippen molar-refractivity contribution < 1.29 is 18.7 Å². The lowest BCUT2D eigenvalue weighted by Gasteiger charge is -2.22. The number of nitrogens with one attached hydrogen (secondary N) is 1. The molecule has 2 aromatic heterocycles. The van der Waals surface area contributed by atoms with Crippen LogP contribution in [-0.4, -0.2) is 28.4 Å². The third-order valence-corrected chi connectivity index (χ3v) is 4.66. The lowest BCUT2D eigenvalue weighted by atomic mass is 10.1. The average molecular weight is 380 g/mol. The van der Waals surface area contributed by atoms with Gasteiger partial charge in [0.1, 0.15) is 11.5 Å². The first-order chi connectivity index (χ1) is 13.5. The van der Waals surface area contributed by atoms with Crippen molar-refractivity contribution in [1.29, 1.82) is 0 Å². The molecule has 1 N–H and O–H groups in total. The molecule has 0 atom stereocenters. The maximum atomic E-state index is 13.1. The highest BCUT2D eigenvalue weighted by atomic mass is 16.5. The fourth-order valence-electron chi connectivity index (χ4n) is 3.18. The molecule has 1 amide bonds. The predicted octanol–water partition coefficient (Wildman–Crippen LogP) is 4.24. The minimum atomic E-state index is -0.388. The number of aromatic nitrogens is 1. The quantitative estimate of drug-likeness (QED) is 0.622. The van der Waals surface area contributed by atoms with Crippen LogP contribution in [0.5, 0.6) is 0 Å². The number of hydrogen-bond donors (Lipinski definition) is 1. The van der Waals surface area contributed by atoms with Gasteiger partial charge in [-0.25, -0.2) is 4.79 Å². The Labute approximate surface area is 164 Å². The molecule has 6 heteroatoms. The molecule has 3 rings (SSSR count). The SMILES string of the molecule is CCOC(=O)c1[nH]c(C)c(CN(Cc2ccco2)C(=O)c2ccccc2)c1C. The minimum Gasteiger partial charge on any atom is -0.467 e. The summed E-state index contributed by atoms with van der Waals surface area (Å²) in [6.07, 6.45) is 1.59. The van der Waals surface area contributed by atoms with E-state index >= 15 is 0 Å². The predicted molar refractivity (Wildman–Crippen MR) is 105 cm³/mol. The molecular formula is C22H24N2O4. The van der Waals surface area contributed by atoms with Gasteiger partial charge in [-0.3, -0.25) is 4.79 Å². The van der Waals surface area contributed by atoms with Crippen molar-refractivity contribution in [1.82, 2.24) is 9.88 Å². The monoisotopic (exact) mass is 380 g/mol. The van der Waals surface area contributed by atoms with Crippen molar-refractivity contribution in [2.75, 3.05) is 6.61 Å². The first-order valence-electron chi connectivity index (χ1n) is 9.23. The van der Waals surface area contributed by atoms with Crippen molar-refractivity contribution in [2.24, 2.45) is 0 Å². The molecule has 146 valence electrons. The number of amides is 1. The Bertz CT molecular complexity index is 943. The van der Waals surface area contributed by atoms with E-state index in [0.717, 1.165) is 16.8 Å². The van der Waals surface area contributed by atoms with Gasteiger partial charge in [0.2, 0.25) is 0 Å². The largest absolute Gasteiger partial charge is 0.467 e. The zero-order valence-electron chi connectivity index (χ0n) is 16.3. The third-order valence-electron chi connectivity index (χ3n) is 4.66. The Balaban J connectivity index is 1.91. The highest BCUT2D eigenvalue weighted by Gasteiger charge is 2.23. The van der Waals surface area contributed by atoms with Crippen LogP contribution in [0, 0.1) is 13.8 Å². The van der Waals surface area contributed by atoms with E-state index in [1.165, 1.54) is 0 Å². The number of nitrogens with zero attached hydrogens (tertiary/aromatic N) is 1. The second-order valence-corrected chi connectivity index (χ2v) is 6.56. The van der Waals surface area contributed by atoms with Crippen LogP contribution in [0.1, 0.15) is 50.4 Å². The number of benzene rings is 1. The summed E-state index contributed by atoms with van der Waals surface area (Å²) in [6, 6.07) is 12.8. The van der Waals surface area contributed by atoms with Gasteiger partial charge >= 0.3 is 5.97 Å². The summed E-state index contributed by atoms with van der Waals surface area (Å²) in [6.45, 7) is 6.52. The summed E-state index contributed by atoms with van der Waals surface area (Å²) in [5.74, 6) is 0.205. The molecule has 0 saturated heterocycles. The smallest absolute Gasteiger partial charge is 0.355 e. The van der Waals surface area contributed by atoms with E-state index in [2.05, 4.69) is 4.98 Å². The number of furan rings is 1. The molecule has 6 nitrogen and oxygen atoms in total. The van der Waals surface area contributed by atoms with Gasteiger partial charge in [-0.15, -0.1) is 0 Å². The van der Waals surface area contributed by atoms with E-state index in [0.29, 0.717) is 36.7 Å². The fraction of sp³-hybridized carbons (Fsp3) is 0.273. The molecule has 0 radical (unpaired) electrons. The van der Waals surface area contributed by atoms with Gasteiger partial charge in [0.05, 0.1) is 19.4 Å². The topological polar surface area (TPSA) is 75.5 Å². The number of H-pyrrole nitrogens is 1. The molecule has 0 bridgehead atoms. The van der Waals surface area contributed by atoms with Crippen LogP contribution in [0.4, 0.5) is 0 Å². The van der Waals surface area contributed by atoms with Gasteiger partial charge < -0.3 is 19.0 Å². The summed E-state index contributed by atoms with van der Waals surface area (Å²) in [7, 11) is 0. The molecular weight excluding hydrogens is 356 g/mol. The maximum Gasteiger partial charge on any atom is 0.355 e. The first kappa shape index (κ1) is 19.5. The molecule has 0 aliphatic rings. The van der Waals surface area contributed by atoms with Gasteiger partial charge in [-0.1, -0.05) is 18.2 Å². The van der Waals surface area contributed by atoms with Crippen LogP contribution < -0.4 is 0 Å². The number of hydrogen-bond acceptors (Lipinski definition) is 4. The number of carbonyl (C=O) groups excluding carboxylic acids is 2. The zero-order chi connectivity index (χ0) is 20.1. The van der Waals surface area contributed by atoms with Crippen LogP contribution in [0.3, 0.4) is 0 Å². The number of ether oxygens (including phenoxy) is 1. The van der Waals surface area contributed by atoms with E-state index in [9.17, 15) is 9.59 Å². The molecule has 3 aromatic rings. The van der Waals surface area contributed by atoms with Crippen molar-refractivity contribution in [3.63, 3.8) is 0 Å². The molecule has 1 aromatic carbocycles. The van der Waals surface area contributed by atoms with Crippen molar-refractivity contribution in [2.45, 2.75) is 33.9 Å². The molecule has 0 unspecified atom stereocenters. The molecule has 28 heavy (non-hydrogen) atoms. The van der Waals surface area contributed by atoms with Crippen LogP contribution in [0.15, 0.2) is 53.1 Å². The number of rotatable bonds is 7. The summed E-state index contributed by atoms with van der Waals surface area (Å²) >= 11 is 0. The van der Waals surface area contributed by atoms with Gasteiger partial charge in [-0.2, -0.15) is 0 Å². The van der Waals surface area contributed by atoms with E-state index in [-0.39, 0.29) is 11.9 Å². The summed E-state index contributed by atoms with van der Waals surface area (Å²) < 4.78 is 10.6. The molecule has 0 saturated carbocycles. The van der Waals surface area contributed by atoms with Gasteiger partial charge in [0, 0.05) is 17.8 Å². The van der Waals surface area contributed by atoms with E-state index in [4.69, 9.17) is 9.15 Å². The van der Waals surface area contributed by atoms with Crippen LogP contribution in [-0.2, 0) is 17.8 Å². The Morgan fingerprint density at radius 3 is 2.46 bits per heavy atom. The minimum absolute atomic E-state index is 0.102. The Morgan fingerprint density at radius 2 is 1.82 bits per heavy atom. The van der Waals surface area contributed by atoms with Gasteiger partial charge in [-0.05, 0) is 56.2 Å². The summed E-state index contributed by atoms with van der Waals surface area (Å²) in [4.78, 5) is 30.1. The zero-order valence-corrected chi connectivity index (χ0v) is 16.3. The Morgan fingerprint density at radius 1 is 1.07 bits per heavy atom. The average Bonchev–Trinajstić information content (AvgIpc) is 3.31. The molecule has 2 heterocycles. The van der Waals surface area contributed by atoms with Crippen LogP contribution in [0.25, 0.3) is 0 Å². The van der Waals surface area contributed by atoms with Crippen LogP contribution >= 0.6 is 0 Å². The molecule has 0 spiro atoms. The number of esters is 1. The lowest BCUT2D eigenvalue weighted by Crippen LogP contribution is -2.30. The highest BCUT2D eigenvalue weighted by molar-refractivity contribution is 5.94. The second kappa shape index (κ2) is 8.61. The highest BCUT2D eigenvalue weighted by Crippen LogP contribution is 2.23. The molecule has 0 aliphatic carbocycles. The standard InChI is InChI=1S/C22H24N2O4/c1-4-27-22(26)20-15(2)19(16(3)23-20)14-24(13-18-11-8-12-28-18)21(25)17-9-6-5-7-10-17/h5-12,23H,4,13-14H2,1-3H3. The summed E-state index contributed by atoms with van der Waals surface area (Å²) in [5.41, 5.74) is 3.57. The fourth-order valence-corrected chi connectivity index (χ4v) is 3.18. The normalized spacial score (nSPS) is 10.7. The van der Waals surface area contributed by atoms with Crippen LogP contribution in [0.2, 0.25) is 0 Å².